The van der Waals surface area contributed by atoms with Gasteiger partial charge >= 0.3 is 0 Å². The molecule has 0 spiro atoms. The molecule has 0 unspecified atom stereocenters. The van der Waals surface area contributed by atoms with Crippen molar-refractivity contribution in [1.82, 2.24) is 19.5 Å². The number of amides is 1. The Bertz CT molecular complexity index is 1290. The zero-order valence-electron chi connectivity index (χ0n) is 17.3. The van der Waals surface area contributed by atoms with E-state index in [1.54, 1.807) is 31.1 Å². The molecule has 31 heavy (non-hydrogen) atoms. The molecule has 0 radical (unpaired) electrons. The average Bonchev–Trinajstić information content (AvgIpc) is 3.22. The highest BCUT2D eigenvalue weighted by Crippen LogP contribution is 2.36. The van der Waals surface area contributed by atoms with Crippen molar-refractivity contribution < 1.29 is 4.79 Å². The number of aryl methyl sites for hydroxylation is 2. The van der Waals surface area contributed by atoms with Crippen LogP contribution in [-0.2, 0) is 17.9 Å². The van der Waals surface area contributed by atoms with Crippen molar-refractivity contribution in [2.24, 2.45) is 0 Å². The monoisotopic (exact) mass is 453 g/mol. The van der Waals surface area contributed by atoms with E-state index < -0.39 is 0 Å². The van der Waals surface area contributed by atoms with Crippen molar-refractivity contribution in [3.8, 4) is 0 Å². The quantitative estimate of drug-likeness (QED) is 0.455. The molecular formula is C22H20ClN5O2S. The third-order valence-electron chi connectivity index (χ3n) is 5.10. The molecule has 3 heterocycles. The lowest BCUT2D eigenvalue weighted by molar-refractivity contribution is -0.119. The van der Waals surface area contributed by atoms with Gasteiger partial charge in [0.1, 0.15) is 6.54 Å². The molecule has 1 aromatic carbocycles. The van der Waals surface area contributed by atoms with Gasteiger partial charge < -0.3 is 0 Å². The number of halogens is 1. The predicted octanol–water partition coefficient (Wildman–Crippen LogP) is 4.06. The van der Waals surface area contributed by atoms with Crippen molar-refractivity contribution in [2.45, 2.75) is 33.9 Å². The van der Waals surface area contributed by atoms with E-state index in [4.69, 9.17) is 16.6 Å². The number of rotatable bonds is 5. The van der Waals surface area contributed by atoms with Gasteiger partial charge in [-0.1, -0.05) is 35.1 Å². The van der Waals surface area contributed by atoms with Crippen molar-refractivity contribution in [2.75, 3.05) is 4.90 Å². The fraction of sp³-hybridized carbons (Fsp3) is 0.227. The number of pyridine rings is 1. The van der Waals surface area contributed by atoms with Crippen molar-refractivity contribution in [3.63, 3.8) is 0 Å². The average molecular weight is 454 g/mol. The standard InChI is InChI=1S/C22H20ClN5O2S/c1-13-6-7-17(23)20-19(13)26-22(31-20)28(10-16-5-4-8-24-9-16)18(29)11-27-12-25-15(3)14(2)21(27)30/h4-9,12H,10-11H2,1-3H3. The van der Waals surface area contributed by atoms with E-state index in [0.717, 1.165) is 21.3 Å². The molecule has 7 nitrogen and oxygen atoms in total. The van der Waals surface area contributed by atoms with Crippen LogP contribution in [0.2, 0.25) is 5.02 Å². The lowest BCUT2D eigenvalue weighted by Crippen LogP contribution is -2.37. The molecule has 0 atom stereocenters. The van der Waals surface area contributed by atoms with Gasteiger partial charge in [-0.25, -0.2) is 9.97 Å². The van der Waals surface area contributed by atoms with E-state index in [-0.39, 0.29) is 24.6 Å². The van der Waals surface area contributed by atoms with Crippen LogP contribution in [0.5, 0.6) is 0 Å². The molecule has 0 N–H and O–H groups in total. The maximum absolute atomic E-state index is 13.4. The van der Waals surface area contributed by atoms with Gasteiger partial charge in [0.15, 0.2) is 5.13 Å². The minimum absolute atomic E-state index is 0.143. The summed E-state index contributed by atoms with van der Waals surface area (Å²) in [5.74, 6) is -0.274. The van der Waals surface area contributed by atoms with E-state index in [2.05, 4.69) is 9.97 Å². The number of fused-ring (bicyclic) bond motifs is 1. The number of aromatic nitrogens is 4. The van der Waals surface area contributed by atoms with Crippen LogP contribution in [0.4, 0.5) is 5.13 Å². The zero-order valence-corrected chi connectivity index (χ0v) is 18.9. The van der Waals surface area contributed by atoms with E-state index in [9.17, 15) is 9.59 Å². The van der Waals surface area contributed by atoms with Gasteiger partial charge in [-0.05, 0) is 44.0 Å². The van der Waals surface area contributed by atoms with Gasteiger partial charge in [-0.2, -0.15) is 0 Å². The van der Waals surface area contributed by atoms with Gasteiger partial charge in [-0.15, -0.1) is 0 Å². The SMILES string of the molecule is Cc1ncn(CC(=O)N(Cc2cccnc2)c2nc3c(C)ccc(Cl)c3s2)c(=O)c1C. The highest BCUT2D eigenvalue weighted by atomic mass is 35.5. The molecule has 0 aliphatic carbocycles. The first-order valence-corrected chi connectivity index (χ1v) is 10.8. The molecule has 3 aromatic heterocycles. The summed E-state index contributed by atoms with van der Waals surface area (Å²) in [7, 11) is 0. The highest BCUT2D eigenvalue weighted by molar-refractivity contribution is 7.23. The van der Waals surface area contributed by atoms with Crippen molar-refractivity contribution >= 4 is 44.2 Å². The van der Waals surface area contributed by atoms with Crippen LogP contribution in [-0.4, -0.2) is 25.4 Å². The second kappa shape index (κ2) is 8.56. The number of benzene rings is 1. The Morgan fingerprint density at radius 2 is 2.03 bits per heavy atom. The molecule has 0 bridgehead atoms. The van der Waals surface area contributed by atoms with Crippen LogP contribution >= 0.6 is 22.9 Å². The zero-order chi connectivity index (χ0) is 22.1. The fourth-order valence-corrected chi connectivity index (χ4v) is 4.50. The maximum Gasteiger partial charge on any atom is 0.256 e. The molecule has 0 saturated heterocycles. The predicted molar refractivity (Wildman–Crippen MR) is 123 cm³/mol. The molecule has 158 valence electrons. The van der Waals surface area contributed by atoms with Crippen LogP contribution in [0.3, 0.4) is 0 Å². The summed E-state index contributed by atoms with van der Waals surface area (Å²) in [6.07, 6.45) is 4.79. The fourth-order valence-electron chi connectivity index (χ4n) is 3.16. The van der Waals surface area contributed by atoms with Gasteiger partial charge in [0.2, 0.25) is 5.91 Å². The van der Waals surface area contributed by atoms with E-state index in [1.165, 1.54) is 22.2 Å². The number of carbonyl (C=O) groups is 1. The Labute approximate surface area is 188 Å². The molecule has 0 aliphatic heterocycles. The summed E-state index contributed by atoms with van der Waals surface area (Å²) in [4.78, 5) is 40.6. The van der Waals surface area contributed by atoms with Gasteiger partial charge in [0.05, 0.1) is 28.1 Å². The van der Waals surface area contributed by atoms with Crippen LogP contribution in [0, 0.1) is 20.8 Å². The second-order valence-electron chi connectivity index (χ2n) is 7.27. The van der Waals surface area contributed by atoms with Crippen LogP contribution in [0.15, 0.2) is 47.8 Å². The molecule has 4 aromatic rings. The molecule has 0 aliphatic rings. The number of carbonyl (C=O) groups excluding carboxylic acids is 1. The summed E-state index contributed by atoms with van der Waals surface area (Å²) in [5.41, 5.74) is 3.54. The van der Waals surface area contributed by atoms with Gasteiger partial charge in [0.25, 0.3) is 5.56 Å². The van der Waals surface area contributed by atoms with Gasteiger partial charge in [0, 0.05) is 23.7 Å². The number of hydrogen-bond acceptors (Lipinski definition) is 6. The van der Waals surface area contributed by atoms with Crippen LogP contribution < -0.4 is 10.5 Å². The summed E-state index contributed by atoms with van der Waals surface area (Å²) in [5, 5.41) is 1.11. The minimum atomic E-state index is -0.274. The molecule has 4 rings (SSSR count). The lowest BCUT2D eigenvalue weighted by atomic mass is 10.2. The van der Waals surface area contributed by atoms with Gasteiger partial charge in [-0.3, -0.25) is 24.0 Å². The summed E-state index contributed by atoms with van der Waals surface area (Å²) < 4.78 is 2.15. The number of hydrogen-bond donors (Lipinski definition) is 0. The lowest BCUT2D eigenvalue weighted by Gasteiger charge is -2.20. The van der Waals surface area contributed by atoms with E-state index >= 15 is 0 Å². The topological polar surface area (TPSA) is 81.0 Å². The number of nitrogens with zero attached hydrogens (tertiary/aromatic N) is 5. The molecule has 9 heteroatoms. The number of thiazole rings is 1. The Morgan fingerprint density at radius 1 is 1.23 bits per heavy atom. The second-order valence-corrected chi connectivity index (χ2v) is 8.65. The minimum Gasteiger partial charge on any atom is -0.289 e. The summed E-state index contributed by atoms with van der Waals surface area (Å²) in [6.45, 7) is 5.56. The smallest absolute Gasteiger partial charge is 0.256 e. The maximum atomic E-state index is 13.4. The normalized spacial score (nSPS) is 11.1. The Hall–Kier alpha value is -3.10. The Kier molecular flexibility index (Phi) is 5.84. The first-order chi connectivity index (χ1) is 14.8. The third-order valence-corrected chi connectivity index (χ3v) is 6.64. The van der Waals surface area contributed by atoms with E-state index in [1.807, 2.05) is 31.2 Å². The van der Waals surface area contributed by atoms with E-state index in [0.29, 0.717) is 21.4 Å². The largest absolute Gasteiger partial charge is 0.289 e. The Morgan fingerprint density at radius 3 is 2.74 bits per heavy atom. The Balaban J connectivity index is 1.75. The molecular weight excluding hydrogens is 434 g/mol. The summed E-state index contributed by atoms with van der Waals surface area (Å²) in [6, 6.07) is 7.44. The molecule has 1 amide bonds. The van der Waals surface area contributed by atoms with Crippen molar-refractivity contribution in [1.29, 1.82) is 0 Å². The number of anilines is 1. The third kappa shape index (κ3) is 4.22. The van der Waals surface area contributed by atoms with Crippen LogP contribution in [0.25, 0.3) is 10.2 Å². The first-order valence-electron chi connectivity index (χ1n) is 9.62. The van der Waals surface area contributed by atoms with Crippen molar-refractivity contribution in [3.05, 3.63) is 80.7 Å². The molecule has 0 fully saturated rings. The molecule has 0 saturated carbocycles. The first kappa shape index (κ1) is 21.1. The summed E-state index contributed by atoms with van der Waals surface area (Å²) >= 11 is 7.73. The van der Waals surface area contributed by atoms with Crippen LogP contribution in [0.1, 0.15) is 22.4 Å². The highest BCUT2D eigenvalue weighted by Gasteiger charge is 2.23.